The molecule has 130 valence electrons. The van der Waals surface area contributed by atoms with Gasteiger partial charge >= 0.3 is 0 Å². The highest BCUT2D eigenvalue weighted by Gasteiger charge is 2.28. The van der Waals surface area contributed by atoms with E-state index in [2.05, 4.69) is 5.32 Å². The van der Waals surface area contributed by atoms with Gasteiger partial charge < -0.3 is 14.8 Å². The predicted octanol–water partition coefficient (Wildman–Crippen LogP) is 3.55. The lowest BCUT2D eigenvalue weighted by atomic mass is 9.95. The molecule has 0 saturated heterocycles. The van der Waals surface area contributed by atoms with Crippen molar-refractivity contribution >= 4 is 5.91 Å². The van der Waals surface area contributed by atoms with Crippen LogP contribution in [-0.4, -0.2) is 17.6 Å². The van der Waals surface area contributed by atoms with Crippen LogP contribution in [0.15, 0.2) is 34.7 Å². The van der Waals surface area contributed by atoms with Crippen LogP contribution in [-0.2, 0) is 10.4 Å². The van der Waals surface area contributed by atoms with Crippen LogP contribution in [0.2, 0.25) is 0 Å². The molecule has 24 heavy (non-hydrogen) atoms. The summed E-state index contributed by atoms with van der Waals surface area (Å²) < 4.78 is 18.4. The van der Waals surface area contributed by atoms with Gasteiger partial charge in [0.05, 0.1) is 6.54 Å². The molecular weight excluding hydrogens is 309 g/mol. The smallest absolute Gasteiger partial charge is 0.220 e. The second-order valence-corrected chi connectivity index (χ2v) is 6.53. The first kappa shape index (κ1) is 18.2. The van der Waals surface area contributed by atoms with Gasteiger partial charge in [-0.05, 0) is 50.5 Å². The zero-order valence-electron chi connectivity index (χ0n) is 14.5. The molecule has 0 aliphatic rings. The fraction of sp³-hybridized carbons (Fsp3) is 0.421. The highest BCUT2D eigenvalue weighted by atomic mass is 19.1. The summed E-state index contributed by atoms with van der Waals surface area (Å²) >= 11 is 0. The first-order chi connectivity index (χ1) is 11.2. The van der Waals surface area contributed by atoms with E-state index in [4.69, 9.17) is 4.42 Å². The zero-order valence-corrected chi connectivity index (χ0v) is 14.5. The summed E-state index contributed by atoms with van der Waals surface area (Å²) in [4.78, 5) is 12.1. The standard InChI is InChI=1S/C19H24FNO3/c1-12(15-5-7-16(20)8-6-15)9-18(22)21-11-19(4,23)17-10-13(2)24-14(17)3/h5-8,10,12,23H,9,11H2,1-4H3,(H,21,22). The van der Waals surface area contributed by atoms with E-state index in [0.29, 0.717) is 11.3 Å². The zero-order chi connectivity index (χ0) is 17.9. The van der Waals surface area contributed by atoms with Crippen LogP contribution in [0.5, 0.6) is 0 Å². The minimum absolute atomic E-state index is 0.0338. The number of nitrogens with one attached hydrogen (secondary N) is 1. The lowest BCUT2D eigenvalue weighted by molar-refractivity contribution is -0.122. The van der Waals surface area contributed by atoms with E-state index in [-0.39, 0.29) is 30.6 Å². The molecule has 0 spiro atoms. The van der Waals surface area contributed by atoms with Gasteiger partial charge in [-0.3, -0.25) is 4.79 Å². The van der Waals surface area contributed by atoms with E-state index in [1.807, 2.05) is 13.8 Å². The quantitative estimate of drug-likeness (QED) is 0.850. The predicted molar refractivity (Wildman–Crippen MR) is 90.2 cm³/mol. The van der Waals surface area contributed by atoms with Gasteiger partial charge in [0.25, 0.3) is 0 Å². The van der Waals surface area contributed by atoms with Crippen molar-refractivity contribution in [1.82, 2.24) is 5.32 Å². The van der Waals surface area contributed by atoms with E-state index in [0.717, 1.165) is 11.3 Å². The molecule has 4 nitrogen and oxygen atoms in total. The van der Waals surface area contributed by atoms with Gasteiger partial charge in [-0.2, -0.15) is 0 Å². The fourth-order valence-corrected chi connectivity index (χ4v) is 2.79. The highest BCUT2D eigenvalue weighted by molar-refractivity contribution is 5.76. The molecule has 2 aromatic rings. The van der Waals surface area contributed by atoms with Crippen molar-refractivity contribution in [3.05, 3.63) is 58.8 Å². The third-order valence-corrected chi connectivity index (χ3v) is 4.18. The lowest BCUT2D eigenvalue weighted by Gasteiger charge is -2.23. The topological polar surface area (TPSA) is 62.5 Å². The molecule has 0 aliphatic carbocycles. The number of aryl methyl sites for hydroxylation is 2. The largest absolute Gasteiger partial charge is 0.466 e. The van der Waals surface area contributed by atoms with Crippen molar-refractivity contribution < 1.29 is 18.7 Å². The molecule has 2 atom stereocenters. The maximum Gasteiger partial charge on any atom is 0.220 e. The number of halogens is 1. The summed E-state index contributed by atoms with van der Waals surface area (Å²) in [6.45, 7) is 7.26. The Kier molecular flexibility index (Phi) is 5.44. The summed E-state index contributed by atoms with van der Waals surface area (Å²) in [5, 5.41) is 13.4. The molecule has 0 saturated carbocycles. The molecule has 0 fully saturated rings. The number of benzene rings is 1. The fourth-order valence-electron chi connectivity index (χ4n) is 2.79. The number of hydrogen-bond donors (Lipinski definition) is 2. The Morgan fingerprint density at radius 3 is 2.50 bits per heavy atom. The molecule has 2 unspecified atom stereocenters. The first-order valence-electron chi connectivity index (χ1n) is 8.01. The van der Waals surface area contributed by atoms with Crippen LogP contribution in [0.4, 0.5) is 4.39 Å². The first-order valence-corrected chi connectivity index (χ1v) is 8.01. The minimum atomic E-state index is -1.20. The summed E-state index contributed by atoms with van der Waals surface area (Å²) in [7, 11) is 0. The van der Waals surface area contributed by atoms with Crippen molar-refractivity contribution in [3.63, 3.8) is 0 Å². The third kappa shape index (κ3) is 4.45. The number of hydrogen-bond acceptors (Lipinski definition) is 3. The van der Waals surface area contributed by atoms with Gasteiger partial charge in [-0.25, -0.2) is 4.39 Å². The van der Waals surface area contributed by atoms with Gasteiger partial charge in [0, 0.05) is 12.0 Å². The highest BCUT2D eigenvalue weighted by Crippen LogP contribution is 2.26. The summed E-state index contributed by atoms with van der Waals surface area (Å²) in [5.74, 6) is 0.876. The number of furan rings is 1. The number of aliphatic hydroxyl groups is 1. The van der Waals surface area contributed by atoms with Crippen molar-refractivity contribution in [2.75, 3.05) is 6.54 Å². The van der Waals surface area contributed by atoms with E-state index < -0.39 is 5.60 Å². The van der Waals surface area contributed by atoms with Gasteiger partial charge in [0.15, 0.2) is 0 Å². The Morgan fingerprint density at radius 1 is 1.33 bits per heavy atom. The van der Waals surface area contributed by atoms with E-state index in [1.165, 1.54) is 12.1 Å². The van der Waals surface area contributed by atoms with E-state index >= 15 is 0 Å². The summed E-state index contributed by atoms with van der Waals surface area (Å²) in [6.07, 6.45) is 0.269. The average molecular weight is 333 g/mol. The maximum absolute atomic E-state index is 12.9. The third-order valence-electron chi connectivity index (χ3n) is 4.18. The van der Waals surface area contributed by atoms with Crippen LogP contribution in [0.25, 0.3) is 0 Å². The van der Waals surface area contributed by atoms with Crippen LogP contribution in [0.1, 0.15) is 48.8 Å². The number of carbonyl (C=O) groups excluding carboxylic acids is 1. The Hall–Kier alpha value is -2.14. The number of carbonyl (C=O) groups is 1. The molecule has 0 aliphatic heterocycles. The van der Waals surface area contributed by atoms with Crippen LogP contribution in [0.3, 0.4) is 0 Å². The molecule has 0 radical (unpaired) electrons. The SMILES string of the molecule is Cc1cc(C(C)(O)CNC(=O)CC(C)c2ccc(F)cc2)c(C)o1. The Bertz CT molecular complexity index is 704. The normalized spacial score (nSPS) is 14.9. The Morgan fingerprint density at radius 2 is 1.96 bits per heavy atom. The molecule has 1 heterocycles. The summed E-state index contributed by atoms with van der Waals surface area (Å²) in [6, 6.07) is 7.92. The molecule has 2 rings (SSSR count). The van der Waals surface area contributed by atoms with Crippen LogP contribution in [0, 0.1) is 19.7 Å². The van der Waals surface area contributed by atoms with Crippen LogP contribution >= 0.6 is 0 Å². The van der Waals surface area contributed by atoms with Gasteiger partial charge in [0.1, 0.15) is 22.9 Å². The second kappa shape index (κ2) is 7.18. The monoisotopic (exact) mass is 333 g/mol. The van der Waals surface area contributed by atoms with Crippen molar-refractivity contribution in [2.24, 2.45) is 0 Å². The number of amides is 1. The Balaban J connectivity index is 1.92. The summed E-state index contributed by atoms with van der Waals surface area (Å²) in [5.41, 5.74) is 0.378. The Labute approximate surface area is 141 Å². The molecule has 1 amide bonds. The number of rotatable bonds is 6. The van der Waals surface area contributed by atoms with Crippen molar-refractivity contribution in [1.29, 1.82) is 0 Å². The molecule has 5 heteroatoms. The average Bonchev–Trinajstić information content (AvgIpc) is 2.85. The second-order valence-electron chi connectivity index (χ2n) is 6.53. The molecule has 2 N–H and O–H groups in total. The van der Waals surface area contributed by atoms with Gasteiger partial charge in [-0.1, -0.05) is 19.1 Å². The minimum Gasteiger partial charge on any atom is -0.466 e. The van der Waals surface area contributed by atoms with E-state index in [1.54, 1.807) is 32.0 Å². The van der Waals surface area contributed by atoms with Crippen LogP contribution < -0.4 is 5.32 Å². The van der Waals surface area contributed by atoms with Crippen molar-refractivity contribution in [3.8, 4) is 0 Å². The van der Waals surface area contributed by atoms with E-state index in [9.17, 15) is 14.3 Å². The molecule has 1 aromatic heterocycles. The molecule has 1 aromatic carbocycles. The van der Waals surface area contributed by atoms with Crippen molar-refractivity contribution in [2.45, 2.75) is 45.6 Å². The molecule has 0 bridgehead atoms. The van der Waals surface area contributed by atoms with Gasteiger partial charge in [0.2, 0.25) is 5.91 Å². The van der Waals surface area contributed by atoms with Gasteiger partial charge in [-0.15, -0.1) is 0 Å². The maximum atomic E-state index is 12.9. The lowest BCUT2D eigenvalue weighted by Crippen LogP contribution is -2.39. The molecular formula is C19H24FNO3.